The molecule has 0 fully saturated rings. The van der Waals surface area contributed by atoms with E-state index >= 15 is 0 Å². The first-order valence-corrected chi connectivity index (χ1v) is 6.95. The van der Waals surface area contributed by atoms with Crippen LogP contribution in [0.3, 0.4) is 0 Å². The molecule has 1 aromatic carbocycles. The number of ether oxygens (including phenoxy) is 1. The number of methoxy groups -OCH3 is 1. The molecule has 0 atom stereocenters. The van der Waals surface area contributed by atoms with Crippen LogP contribution in [0.5, 0.6) is 5.75 Å². The summed E-state index contributed by atoms with van der Waals surface area (Å²) in [5, 5.41) is 1.41. The zero-order valence-electron chi connectivity index (χ0n) is 10.5. The van der Waals surface area contributed by atoms with E-state index in [1.165, 1.54) is 4.88 Å². The SMILES string of the molecule is COc1cccc(-c2nc(Cl)c3cc(C)sc3n2)c1. The average molecular weight is 291 g/mol. The van der Waals surface area contributed by atoms with Gasteiger partial charge in [0, 0.05) is 15.8 Å². The van der Waals surface area contributed by atoms with Gasteiger partial charge >= 0.3 is 0 Å². The van der Waals surface area contributed by atoms with Crippen molar-refractivity contribution in [3.8, 4) is 17.1 Å². The Morgan fingerprint density at radius 1 is 1.21 bits per heavy atom. The predicted octanol–water partition coefficient (Wildman–Crippen LogP) is 4.33. The number of thiophene rings is 1. The Morgan fingerprint density at radius 3 is 2.84 bits per heavy atom. The molecule has 19 heavy (non-hydrogen) atoms. The standard InChI is InChI=1S/C14H11ClN2OS/c1-8-6-11-12(15)16-13(17-14(11)19-8)9-4-3-5-10(7-9)18-2/h3-7H,1-2H3. The van der Waals surface area contributed by atoms with Crippen molar-refractivity contribution in [3.05, 3.63) is 40.4 Å². The van der Waals surface area contributed by atoms with Crippen LogP contribution < -0.4 is 4.74 Å². The maximum atomic E-state index is 6.22. The minimum absolute atomic E-state index is 0.493. The van der Waals surface area contributed by atoms with Gasteiger partial charge in [0.15, 0.2) is 5.82 Å². The molecule has 0 spiro atoms. The summed E-state index contributed by atoms with van der Waals surface area (Å²) in [6.45, 7) is 2.04. The van der Waals surface area contributed by atoms with Gasteiger partial charge in [0.2, 0.25) is 0 Å². The van der Waals surface area contributed by atoms with Crippen molar-refractivity contribution in [1.82, 2.24) is 9.97 Å². The first-order chi connectivity index (χ1) is 9.17. The highest BCUT2D eigenvalue weighted by Crippen LogP contribution is 2.31. The highest BCUT2D eigenvalue weighted by atomic mass is 35.5. The van der Waals surface area contributed by atoms with Crippen LogP contribution in [0.1, 0.15) is 4.88 Å². The van der Waals surface area contributed by atoms with Crippen LogP contribution in [0, 0.1) is 6.92 Å². The Bertz CT molecular complexity index is 754. The third kappa shape index (κ3) is 2.29. The van der Waals surface area contributed by atoms with Crippen LogP contribution >= 0.6 is 22.9 Å². The number of hydrogen-bond donors (Lipinski definition) is 0. The summed E-state index contributed by atoms with van der Waals surface area (Å²) in [7, 11) is 1.64. The number of hydrogen-bond acceptors (Lipinski definition) is 4. The van der Waals surface area contributed by atoms with Crippen molar-refractivity contribution in [2.45, 2.75) is 6.92 Å². The highest BCUT2D eigenvalue weighted by molar-refractivity contribution is 7.18. The van der Waals surface area contributed by atoms with E-state index in [1.807, 2.05) is 37.3 Å². The number of benzene rings is 1. The second kappa shape index (κ2) is 4.79. The largest absolute Gasteiger partial charge is 0.497 e. The summed E-state index contributed by atoms with van der Waals surface area (Å²) in [6.07, 6.45) is 0. The molecule has 0 aliphatic rings. The summed E-state index contributed by atoms with van der Waals surface area (Å²) in [5.74, 6) is 1.40. The zero-order valence-corrected chi connectivity index (χ0v) is 12.0. The molecule has 96 valence electrons. The van der Waals surface area contributed by atoms with Crippen LogP contribution in [0.25, 0.3) is 21.6 Å². The van der Waals surface area contributed by atoms with Gasteiger partial charge in [-0.2, -0.15) is 0 Å². The molecule has 2 heterocycles. The van der Waals surface area contributed by atoms with Crippen LogP contribution in [-0.2, 0) is 0 Å². The Labute approximate surface area is 119 Å². The summed E-state index contributed by atoms with van der Waals surface area (Å²) in [5.41, 5.74) is 0.897. The lowest BCUT2D eigenvalue weighted by Gasteiger charge is -2.04. The van der Waals surface area contributed by atoms with Crippen LogP contribution in [0.2, 0.25) is 5.15 Å². The van der Waals surface area contributed by atoms with Crippen molar-refractivity contribution in [2.75, 3.05) is 7.11 Å². The molecule has 5 heteroatoms. The number of nitrogens with zero attached hydrogens (tertiary/aromatic N) is 2. The van der Waals surface area contributed by atoms with E-state index in [1.54, 1.807) is 18.4 Å². The Balaban J connectivity index is 2.18. The van der Waals surface area contributed by atoms with Crippen molar-refractivity contribution in [2.24, 2.45) is 0 Å². The third-order valence-electron chi connectivity index (χ3n) is 2.80. The minimum atomic E-state index is 0.493. The third-order valence-corrected chi connectivity index (χ3v) is 4.03. The average Bonchev–Trinajstić information content (AvgIpc) is 2.80. The zero-order chi connectivity index (χ0) is 13.4. The molecule has 3 nitrogen and oxygen atoms in total. The number of aryl methyl sites for hydroxylation is 1. The molecule has 0 bridgehead atoms. The van der Waals surface area contributed by atoms with Gasteiger partial charge in [-0.05, 0) is 25.1 Å². The second-order valence-corrected chi connectivity index (χ2v) is 5.74. The number of rotatable bonds is 2. The molecule has 0 saturated heterocycles. The van der Waals surface area contributed by atoms with Crippen LogP contribution in [-0.4, -0.2) is 17.1 Å². The number of aromatic nitrogens is 2. The van der Waals surface area contributed by atoms with Crippen molar-refractivity contribution in [3.63, 3.8) is 0 Å². The quantitative estimate of drug-likeness (QED) is 0.659. The fourth-order valence-corrected chi connectivity index (χ4v) is 3.06. The highest BCUT2D eigenvalue weighted by Gasteiger charge is 2.10. The topological polar surface area (TPSA) is 35.0 Å². The second-order valence-electron chi connectivity index (χ2n) is 4.15. The monoisotopic (exact) mass is 290 g/mol. The molecule has 0 N–H and O–H groups in total. The van der Waals surface area contributed by atoms with Gasteiger partial charge in [0.25, 0.3) is 0 Å². The van der Waals surface area contributed by atoms with Crippen LogP contribution in [0.4, 0.5) is 0 Å². The summed E-state index contributed by atoms with van der Waals surface area (Å²) in [6, 6.07) is 9.66. The van der Waals surface area contributed by atoms with Gasteiger partial charge in [0.05, 0.1) is 7.11 Å². The van der Waals surface area contributed by atoms with E-state index < -0.39 is 0 Å². The van der Waals surface area contributed by atoms with Crippen molar-refractivity contribution < 1.29 is 4.74 Å². The molecular weight excluding hydrogens is 280 g/mol. The first kappa shape index (κ1) is 12.4. The molecule has 0 unspecified atom stereocenters. The number of fused-ring (bicyclic) bond motifs is 1. The van der Waals surface area contributed by atoms with E-state index in [-0.39, 0.29) is 0 Å². The maximum Gasteiger partial charge on any atom is 0.162 e. The van der Waals surface area contributed by atoms with Crippen molar-refractivity contribution >= 4 is 33.2 Å². The predicted molar refractivity (Wildman–Crippen MR) is 79.2 cm³/mol. The molecule has 3 aromatic rings. The minimum Gasteiger partial charge on any atom is -0.497 e. The molecule has 2 aromatic heterocycles. The van der Waals surface area contributed by atoms with Gasteiger partial charge in [0.1, 0.15) is 15.7 Å². The van der Waals surface area contributed by atoms with E-state index in [9.17, 15) is 0 Å². The Morgan fingerprint density at radius 2 is 2.05 bits per heavy atom. The lowest BCUT2D eigenvalue weighted by molar-refractivity contribution is 0.415. The summed E-state index contributed by atoms with van der Waals surface area (Å²) in [4.78, 5) is 11.0. The normalized spacial score (nSPS) is 10.9. The van der Waals surface area contributed by atoms with E-state index in [0.717, 1.165) is 21.5 Å². The molecular formula is C14H11ClN2OS. The van der Waals surface area contributed by atoms with Gasteiger partial charge in [-0.1, -0.05) is 23.7 Å². The Kier molecular flexibility index (Phi) is 3.12. The van der Waals surface area contributed by atoms with Gasteiger partial charge in [-0.15, -0.1) is 11.3 Å². The van der Waals surface area contributed by atoms with Crippen molar-refractivity contribution in [1.29, 1.82) is 0 Å². The lowest BCUT2D eigenvalue weighted by atomic mass is 10.2. The molecule has 0 radical (unpaired) electrons. The maximum absolute atomic E-state index is 6.22. The van der Waals surface area contributed by atoms with Gasteiger partial charge < -0.3 is 4.74 Å². The van der Waals surface area contributed by atoms with E-state index in [2.05, 4.69) is 9.97 Å². The van der Waals surface area contributed by atoms with E-state index in [0.29, 0.717) is 11.0 Å². The molecule has 0 amide bonds. The fraction of sp³-hybridized carbons (Fsp3) is 0.143. The molecule has 0 aliphatic carbocycles. The fourth-order valence-electron chi connectivity index (χ4n) is 1.90. The Hall–Kier alpha value is -1.65. The summed E-state index contributed by atoms with van der Waals surface area (Å²) < 4.78 is 5.21. The lowest BCUT2D eigenvalue weighted by Crippen LogP contribution is -1.90. The number of halogens is 1. The van der Waals surface area contributed by atoms with Gasteiger partial charge in [-0.3, -0.25) is 0 Å². The van der Waals surface area contributed by atoms with Gasteiger partial charge in [-0.25, -0.2) is 9.97 Å². The molecule has 3 rings (SSSR count). The van der Waals surface area contributed by atoms with E-state index in [4.69, 9.17) is 16.3 Å². The molecule has 0 saturated carbocycles. The van der Waals surface area contributed by atoms with Crippen LogP contribution in [0.15, 0.2) is 30.3 Å². The smallest absolute Gasteiger partial charge is 0.162 e. The molecule has 0 aliphatic heterocycles. The first-order valence-electron chi connectivity index (χ1n) is 5.75. The summed E-state index contributed by atoms with van der Waals surface area (Å²) >= 11 is 7.84.